The highest BCUT2D eigenvalue weighted by Gasteiger charge is 2.47. The lowest BCUT2D eigenvalue weighted by Gasteiger charge is -2.42. The number of nitrogens with zero attached hydrogens (tertiary/aromatic N) is 4. The number of halogens is 2. The van der Waals surface area contributed by atoms with E-state index in [2.05, 4.69) is 16.8 Å². The molecule has 3 aliphatic heterocycles. The summed E-state index contributed by atoms with van der Waals surface area (Å²) in [7, 11) is 0. The molecular formula is C27H36F2N4O2S. The highest BCUT2D eigenvalue weighted by molar-refractivity contribution is 7.99. The van der Waals surface area contributed by atoms with Crippen LogP contribution in [0.3, 0.4) is 0 Å². The minimum absolute atomic E-state index is 0.105. The normalized spacial score (nSPS) is 21.8. The fourth-order valence-corrected chi connectivity index (χ4v) is 6.65. The molecule has 1 amide bonds. The van der Waals surface area contributed by atoms with Crippen LogP contribution in [0.1, 0.15) is 58.2 Å². The second kappa shape index (κ2) is 10.6. The van der Waals surface area contributed by atoms with Gasteiger partial charge in [0.25, 0.3) is 5.92 Å². The predicted molar refractivity (Wildman–Crippen MR) is 139 cm³/mol. The van der Waals surface area contributed by atoms with E-state index in [9.17, 15) is 13.6 Å². The highest BCUT2D eigenvalue weighted by Crippen LogP contribution is 2.49. The van der Waals surface area contributed by atoms with Crippen molar-refractivity contribution in [3.63, 3.8) is 0 Å². The first-order valence-electron chi connectivity index (χ1n) is 12.9. The van der Waals surface area contributed by atoms with E-state index in [4.69, 9.17) is 9.72 Å². The highest BCUT2D eigenvalue weighted by atomic mass is 32.2. The van der Waals surface area contributed by atoms with Gasteiger partial charge in [0.15, 0.2) is 0 Å². The van der Waals surface area contributed by atoms with Gasteiger partial charge < -0.3 is 14.5 Å². The number of aromatic nitrogens is 2. The van der Waals surface area contributed by atoms with Crippen LogP contribution in [0.5, 0.6) is 0 Å². The van der Waals surface area contributed by atoms with Gasteiger partial charge in [-0.05, 0) is 37.8 Å². The van der Waals surface area contributed by atoms with Crippen LogP contribution in [0, 0.1) is 18.3 Å². The number of carbonyl (C=O) groups is 1. The monoisotopic (exact) mass is 518 g/mol. The number of ether oxygens (including phenoxy) is 1. The molecule has 2 fully saturated rings. The molecule has 3 aliphatic rings. The molecule has 1 aromatic carbocycles. The van der Waals surface area contributed by atoms with E-state index < -0.39 is 18.4 Å². The van der Waals surface area contributed by atoms with Crippen LogP contribution in [0.25, 0.3) is 0 Å². The first-order valence-corrected chi connectivity index (χ1v) is 13.7. The van der Waals surface area contributed by atoms with Gasteiger partial charge in [0.1, 0.15) is 10.8 Å². The van der Waals surface area contributed by atoms with Gasteiger partial charge in [0, 0.05) is 30.3 Å². The van der Waals surface area contributed by atoms with E-state index in [0.29, 0.717) is 21.5 Å². The lowest BCUT2D eigenvalue weighted by molar-refractivity contribution is -0.117. The number of benzene rings is 1. The molecule has 1 spiro atoms. The number of aryl methyl sites for hydroxylation is 1. The Morgan fingerprint density at radius 3 is 2.61 bits per heavy atom. The van der Waals surface area contributed by atoms with Crippen LogP contribution in [-0.4, -0.2) is 48.7 Å². The van der Waals surface area contributed by atoms with E-state index in [0.717, 1.165) is 56.3 Å². The molecule has 1 aromatic heterocycles. The number of alkyl halides is 2. The summed E-state index contributed by atoms with van der Waals surface area (Å²) in [5.74, 6) is -2.03. The van der Waals surface area contributed by atoms with Gasteiger partial charge in [0.2, 0.25) is 5.91 Å². The van der Waals surface area contributed by atoms with Crippen molar-refractivity contribution < 1.29 is 18.3 Å². The zero-order valence-electron chi connectivity index (χ0n) is 21.8. The van der Waals surface area contributed by atoms with Crippen molar-refractivity contribution in [3.8, 4) is 0 Å². The fourth-order valence-electron chi connectivity index (χ4n) is 5.64. The number of carbonyl (C=O) groups excluding carboxylic acids is 1. The maximum absolute atomic E-state index is 14.8. The average Bonchev–Trinajstić information content (AvgIpc) is 3.40. The first-order chi connectivity index (χ1) is 17.2. The quantitative estimate of drug-likeness (QED) is 0.490. The van der Waals surface area contributed by atoms with Gasteiger partial charge >= 0.3 is 0 Å². The zero-order valence-corrected chi connectivity index (χ0v) is 22.6. The maximum Gasteiger partial charge on any atom is 0.293 e. The average molecular weight is 519 g/mol. The molecule has 6 nitrogen and oxygen atoms in total. The van der Waals surface area contributed by atoms with Gasteiger partial charge in [0.05, 0.1) is 42.9 Å². The Bertz CT molecular complexity index is 1110. The van der Waals surface area contributed by atoms with Crippen LogP contribution in [0.2, 0.25) is 0 Å². The van der Waals surface area contributed by atoms with Gasteiger partial charge in [-0.15, -0.1) is 0 Å². The third-order valence-corrected chi connectivity index (χ3v) is 8.80. The van der Waals surface area contributed by atoms with Crippen molar-refractivity contribution in [2.75, 3.05) is 42.6 Å². The molecule has 36 heavy (non-hydrogen) atoms. The minimum Gasteiger partial charge on any atom is -0.381 e. The van der Waals surface area contributed by atoms with Gasteiger partial charge in [-0.3, -0.25) is 4.79 Å². The van der Waals surface area contributed by atoms with Crippen molar-refractivity contribution in [2.24, 2.45) is 11.3 Å². The number of rotatable bonds is 4. The first kappa shape index (κ1) is 26.8. The molecule has 5 rings (SSSR count). The molecule has 0 saturated carbocycles. The molecule has 9 heteroatoms. The van der Waals surface area contributed by atoms with Crippen molar-refractivity contribution in [1.29, 1.82) is 0 Å². The summed E-state index contributed by atoms with van der Waals surface area (Å²) in [6, 6.07) is 4.94. The molecule has 196 valence electrons. The summed E-state index contributed by atoms with van der Waals surface area (Å²) in [5.41, 5.74) is 1.16. The third-order valence-electron chi connectivity index (χ3n) is 7.64. The minimum atomic E-state index is -3.10. The van der Waals surface area contributed by atoms with Crippen LogP contribution in [-0.2, 0) is 15.5 Å². The Kier molecular flexibility index (Phi) is 7.90. The van der Waals surface area contributed by atoms with Crippen molar-refractivity contribution >= 4 is 29.2 Å². The zero-order chi connectivity index (χ0) is 26.1. The fraction of sp³-hybridized carbons (Fsp3) is 0.593. The van der Waals surface area contributed by atoms with E-state index in [-0.39, 0.29) is 16.7 Å². The molecule has 1 atom stereocenters. The molecule has 0 radical (unpaired) electrons. The SMILES string of the molecule is CC.CC[C@@H]1COCC12CCN(c1cnc(Sc3cccc4c3C(F)(F)CN4C(C)=O)c(C)n1)CC2. The van der Waals surface area contributed by atoms with Crippen molar-refractivity contribution in [3.05, 3.63) is 35.7 Å². The van der Waals surface area contributed by atoms with E-state index in [1.807, 2.05) is 20.8 Å². The third kappa shape index (κ3) is 4.84. The maximum atomic E-state index is 14.8. The predicted octanol–water partition coefficient (Wildman–Crippen LogP) is 6.06. The molecule has 0 bridgehead atoms. The van der Waals surface area contributed by atoms with E-state index in [1.165, 1.54) is 18.7 Å². The van der Waals surface area contributed by atoms with Crippen LogP contribution < -0.4 is 9.80 Å². The topological polar surface area (TPSA) is 58.6 Å². The smallest absolute Gasteiger partial charge is 0.293 e. The summed E-state index contributed by atoms with van der Waals surface area (Å²) in [6.45, 7) is 12.4. The largest absolute Gasteiger partial charge is 0.381 e. The Labute approximate surface area is 216 Å². The molecule has 2 saturated heterocycles. The van der Waals surface area contributed by atoms with Gasteiger partial charge in [-0.1, -0.05) is 45.0 Å². The van der Waals surface area contributed by atoms with E-state index in [1.54, 1.807) is 24.4 Å². The molecule has 2 aromatic rings. The summed E-state index contributed by atoms with van der Waals surface area (Å²) < 4.78 is 35.5. The van der Waals surface area contributed by atoms with Crippen LogP contribution >= 0.6 is 11.8 Å². The van der Waals surface area contributed by atoms with Crippen molar-refractivity contribution in [2.45, 2.75) is 69.7 Å². The summed E-state index contributed by atoms with van der Waals surface area (Å²) in [4.78, 5) is 25.1. The molecular weight excluding hydrogens is 482 g/mol. The van der Waals surface area contributed by atoms with Gasteiger partial charge in [-0.25, -0.2) is 9.97 Å². The number of hydrogen-bond acceptors (Lipinski definition) is 6. The van der Waals surface area contributed by atoms with Crippen molar-refractivity contribution in [1.82, 2.24) is 9.97 Å². The summed E-state index contributed by atoms with van der Waals surface area (Å²) in [5, 5.41) is 0.595. The lowest BCUT2D eigenvalue weighted by Crippen LogP contribution is -2.44. The number of amides is 1. The summed E-state index contributed by atoms with van der Waals surface area (Å²) >= 11 is 1.18. The Morgan fingerprint density at radius 1 is 1.25 bits per heavy atom. The second-order valence-corrected chi connectivity index (χ2v) is 10.7. The molecule has 0 N–H and O–H groups in total. The Morgan fingerprint density at radius 2 is 1.97 bits per heavy atom. The Hall–Kier alpha value is -2.26. The lowest BCUT2D eigenvalue weighted by atomic mass is 9.70. The molecule has 0 unspecified atom stereocenters. The number of hydrogen-bond donors (Lipinski definition) is 0. The van der Waals surface area contributed by atoms with Crippen LogP contribution in [0.15, 0.2) is 34.3 Å². The second-order valence-electron chi connectivity index (χ2n) is 9.65. The number of piperidine rings is 1. The number of anilines is 2. The van der Waals surface area contributed by atoms with E-state index >= 15 is 0 Å². The van der Waals surface area contributed by atoms with Crippen LogP contribution in [0.4, 0.5) is 20.3 Å². The molecule has 4 heterocycles. The number of fused-ring (bicyclic) bond motifs is 1. The Balaban J connectivity index is 0.00000148. The molecule has 0 aliphatic carbocycles. The standard InChI is InChI=1S/C25H30F2N4O2S.C2H6/c1-4-18-13-33-15-24(18)8-10-30(11-9-24)21-12-28-23(16(2)29-21)34-20-7-5-6-19-22(20)25(26,27)14-31(19)17(3)32;1-2/h5-7,12,18H,4,8-11,13-15H2,1-3H3;1-2H3/t18-;/m1./s1. The summed E-state index contributed by atoms with van der Waals surface area (Å²) in [6.07, 6.45) is 5.07. The van der Waals surface area contributed by atoms with Gasteiger partial charge in [-0.2, -0.15) is 8.78 Å².